The molecule has 2 aliphatic heterocycles. The molecule has 2 aromatic rings. The lowest BCUT2D eigenvalue weighted by Gasteiger charge is -2.34. The highest BCUT2D eigenvalue weighted by molar-refractivity contribution is 7.09. The molecule has 1 aromatic carbocycles. The average Bonchev–Trinajstić information content (AvgIpc) is 3.03. The van der Waals surface area contributed by atoms with Gasteiger partial charge >= 0.3 is 0 Å². The third-order valence-corrected chi connectivity index (χ3v) is 7.04. The van der Waals surface area contributed by atoms with E-state index >= 15 is 0 Å². The average molecular weight is 372 g/mol. The molecule has 5 nitrogen and oxygen atoms in total. The second-order valence-corrected chi connectivity index (χ2v) is 8.83. The fourth-order valence-corrected chi connectivity index (χ4v) is 5.33. The molecule has 3 heterocycles. The topological polar surface area (TPSA) is 37.8 Å². The summed E-state index contributed by atoms with van der Waals surface area (Å²) in [5.74, 6) is 1.84. The van der Waals surface area contributed by atoms with E-state index in [1.165, 1.54) is 42.9 Å². The highest BCUT2D eigenvalue weighted by Crippen LogP contribution is 2.56. The Kier molecular flexibility index (Phi) is 4.14. The van der Waals surface area contributed by atoms with Gasteiger partial charge in [0.1, 0.15) is 5.01 Å². The fraction of sp³-hybridized carbons (Fsp3) is 0.550. The van der Waals surface area contributed by atoms with Crippen molar-refractivity contribution in [3.8, 4) is 11.5 Å². The Morgan fingerprint density at radius 1 is 1.31 bits per heavy atom. The normalized spacial score (nSPS) is 23.7. The van der Waals surface area contributed by atoms with E-state index in [0.29, 0.717) is 12.2 Å². The zero-order valence-electron chi connectivity index (χ0n) is 15.2. The predicted molar refractivity (Wildman–Crippen MR) is 101 cm³/mol. The number of nitrogens with zero attached hydrogens (tertiary/aromatic N) is 3. The van der Waals surface area contributed by atoms with Crippen LogP contribution in [0.3, 0.4) is 0 Å². The van der Waals surface area contributed by atoms with Gasteiger partial charge in [-0.1, -0.05) is 12.1 Å². The molecule has 1 saturated carbocycles. The smallest absolute Gasteiger partial charge is 0.231 e. The van der Waals surface area contributed by atoms with Crippen LogP contribution >= 0.6 is 11.3 Å². The Bertz CT molecular complexity index is 771. The summed E-state index contributed by atoms with van der Waals surface area (Å²) in [5.41, 5.74) is 1.80. The number of thiazole rings is 1. The molecular weight excluding hydrogens is 346 g/mol. The molecule has 0 unspecified atom stereocenters. The molecular formula is C20H25N3O2S. The monoisotopic (exact) mass is 371 g/mol. The maximum absolute atomic E-state index is 5.66. The summed E-state index contributed by atoms with van der Waals surface area (Å²) in [4.78, 5) is 9.52. The lowest BCUT2D eigenvalue weighted by atomic mass is 9.92. The number of hydrogen-bond acceptors (Lipinski definition) is 6. The molecule has 5 rings (SSSR count). The number of piperidine rings is 1. The van der Waals surface area contributed by atoms with Crippen LogP contribution in [0.4, 0.5) is 0 Å². The van der Waals surface area contributed by atoms with Crippen LogP contribution in [0, 0.1) is 5.41 Å². The van der Waals surface area contributed by atoms with Crippen molar-refractivity contribution in [2.45, 2.75) is 38.4 Å². The van der Waals surface area contributed by atoms with Crippen molar-refractivity contribution in [1.82, 2.24) is 14.8 Å². The van der Waals surface area contributed by atoms with Crippen molar-refractivity contribution in [2.24, 2.45) is 5.41 Å². The minimum Gasteiger partial charge on any atom is -0.454 e. The van der Waals surface area contributed by atoms with Crippen molar-refractivity contribution in [2.75, 3.05) is 26.9 Å². The zero-order valence-corrected chi connectivity index (χ0v) is 16.0. The molecule has 1 saturated heterocycles. The number of aromatic nitrogens is 1. The molecule has 6 heteroatoms. The van der Waals surface area contributed by atoms with E-state index in [2.05, 4.69) is 39.3 Å². The molecule has 1 aromatic heterocycles. The van der Waals surface area contributed by atoms with Gasteiger partial charge in [-0.05, 0) is 50.9 Å². The molecule has 3 aliphatic rings. The number of rotatable bonds is 5. The van der Waals surface area contributed by atoms with E-state index in [9.17, 15) is 0 Å². The minimum absolute atomic E-state index is 0.350. The number of hydrogen-bond donors (Lipinski definition) is 0. The summed E-state index contributed by atoms with van der Waals surface area (Å²) < 4.78 is 11.2. The molecule has 0 radical (unpaired) electrons. The van der Waals surface area contributed by atoms with E-state index in [1.54, 1.807) is 11.3 Å². The summed E-state index contributed by atoms with van der Waals surface area (Å²) in [6, 6.07) is 6.95. The maximum Gasteiger partial charge on any atom is 0.231 e. The number of fused-ring (bicyclic) bond motifs is 1. The van der Waals surface area contributed by atoms with Crippen molar-refractivity contribution in [3.05, 3.63) is 40.3 Å². The number of likely N-dealkylation sites (tertiary alicyclic amines) is 1. The summed E-state index contributed by atoms with van der Waals surface area (Å²) in [6.45, 7) is 4.64. The minimum atomic E-state index is 0.350. The first-order chi connectivity index (χ1) is 12.7. The molecule has 0 bridgehead atoms. The Labute approximate surface area is 158 Å². The molecule has 0 amide bonds. The molecule has 138 valence electrons. The van der Waals surface area contributed by atoms with Gasteiger partial charge in [0.25, 0.3) is 0 Å². The molecule has 1 aliphatic carbocycles. The van der Waals surface area contributed by atoms with Crippen LogP contribution in [-0.2, 0) is 13.1 Å². The van der Waals surface area contributed by atoms with Gasteiger partial charge in [-0.25, -0.2) is 4.98 Å². The van der Waals surface area contributed by atoms with E-state index < -0.39 is 0 Å². The Balaban J connectivity index is 1.17. The highest BCUT2D eigenvalue weighted by atomic mass is 32.1. The molecule has 2 fully saturated rings. The summed E-state index contributed by atoms with van der Waals surface area (Å²) in [7, 11) is 2.26. The first-order valence-corrected chi connectivity index (χ1v) is 10.3. The summed E-state index contributed by atoms with van der Waals surface area (Å²) in [5, 5.41) is 3.30. The van der Waals surface area contributed by atoms with Gasteiger partial charge in [-0.15, -0.1) is 11.3 Å². The maximum atomic E-state index is 5.66. The van der Waals surface area contributed by atoms with Gasteiger partial charge < -0.3 is 9.47 Å². The number of para-hydroxylation sites is 1. The predicted octanol–water partition coefficient (Wildman–Crippen LogP) is 3.36. The van der Waals surface area contributed by atoms with Crippen LogP contribution < -0.4 is 9.47 Å². The van der Waals surface area contributed by atoms with Crippen molar-refractivity contribution in [3.63, 3.8) is 0 Å². The van der Waals surface area contributed by atoms with E-state index in [4.69, 9.17) is 9.47 Å². The summed E-state index contributed by atoms with van der Waals surface area (Å²) in [6.07, 6.45) is 5.85. The Morgan fingerprint density at radius 2 is 2.19 bits per heavy atom. The van der Waals surface area contributed by atoms with E-state index in [1.807, 2.05) is 12.3 Å². The van der Waals surface area contributed by atoms with Crippen LogP contribution in [0.15, 0.2) is 29.8 Å². The van der Waals surface area contributed by atoms with Crippen LogP contribution in [0.25, 0.3) is 0 Å². The second kappa shape index (κ2) is 6.51. The van der Waals surface area contributed by atoms with Crippen LogP contribution in [-0.4, -0.2) is 47.8 Å². The molecule has 1 atom stereocenters. The van der Waals surface area contributed by atoms with Crippen LogP contribution in [0.2, 0.25) is 0 Å². The van der Waals surface area contributed by atoms with E-state index in [-0.39, 0.29) is 0 Å². The Hall–Kier alpha value is -1.63. The van der Waals surface area contributed by atoms with Crippen molar-refractivity contribution >= 4 is 11.3 Å². The van der Waals surface area contributed by atoms with Crippen LogP contribution in [0.1, 0.15) is 29.8 Å². The third kappa shape index (κ3) is 3.00. The number of ether oxygens (including phenoxy) is 2. The van der Waals surface area contributed by atoms with Gasteiger partial charge in [0, 0.05) is 29.7 Å². The summed E-state index contributed by atoms with van der Waals surface area (Å²) >= 11 is 1.76. The Morgan fingerprint density at radius 3 is 3.00 bits per heavy atom. The largest absolute Gasteiger partial charge is 0.454 e. The van der Waals surface area contributed by atoms with Gasteiger partial charge in [0.2, 0.25) is 6.79 Å². The molecule has 0 N–H and O–H groups in total. The fourth-order valence-electron chi connectivity index (χ4n) is 4.65. The van der Waals surface area contributed by atoms with Crippen molar-refractivity contribution < 1.29 is 9.47 Å². The SMILES string of the molecule is CN(Cc1nccs1)[C@H]1CC12CCN(Cc1cccc3c1OCO3)CC2. The van der Waals surface area contributed by atoms with Gasteiger partial charge in [0.15, 0.2) is 11.5 Å². The van der Waals surface area contributed by atoms with Crippen LogP contribution in [0.5, 0.6) is 11.5 Å². The molecule has 1 spiro atoms. The van der Waals surface area contributed by atoms with Crippen molar-refractivity contribution in [1.29, 1.82) is 0 Å². The van der Waals surface area contributed by atoms with Gasteiger partial charge in [0.05, 0.1) is 6.54 Å². The first-order valence-electron chi connectivity index (χ1n) is 9.42. The first kappa shape index (κ1) is 16.5. The third-order valence-electron chi connectivity index (χ3n) is 6.27. The van der Waals surface area contributed by atoms with Gasteiger partial charge in [-0.2, -0.15) is 0 Å². The highest BCUT2D eigenvalue weighted by Gasteiger charge is 2.56. The lowest BCUT2D eigenvalue weighted by molar-refractivity contribution is 0.137. The quantitative estimate of drug-likeness (QED) is 0.806. The van der Waals surface area contributed by atoms with E-state index in [0.717, 1.165) is 30.6 Å². The lowest BCUT2D eigenvalue weighted by Crippen LogP contribution is -2.37. The molecule has 26 heavy (non-hydrogen) atoms. The zero-order chi connectivity index (χ0) is 17.6. The standard InChI is InChI=1S/C20H25N3O2S/c1-22(13-18-21-7-10-26-18)17-11-20(17)5-8-23(9-6-20)12-15-3-2-4-16-19(15)25-14-24-16/h2-4,7,10,17H,5-6,8-9,11-14H2,1H3/t17-/m0/s1. The second-order valence-electron chi connectivity index (χ2n) is 7.85. The number of benzene rings is 1. The van der Waals surface area contributed by atoms with Gasteiger partial charge in [-0.3, -0.25) is 9.80 Å².